The van der Waals surface area contributed by atoms with Crippen molar-refractivity contribution in [2.75, 3.05) is 58.4 Å². The number of anilines is 1. The average molecular weight is 464 g/mol. The molecule has 1 unspecified atom stereocenters. The third kappa shape index (κ3) is 3.74. The van der Waals surface area contributed by atoms with Gasteiger partial charge in [0.1, 0.15) is 23.8 Å². The van der Waals surface area contributed by atoms with Crippen LogP contribution in [-0.4, -0.2) is 72.5 Å². The summed E-state index contributed by atoms with van der Waals surface area (Å²) < 4.78 is 20.7. The van der Waals surface area contributed by atoms with E-state index in [2.05, 4.69) is 38.1 Å². The molecule has 8 heteroatoms. The van der Waals surface area contributed by atoms with Crippen LogP contribution < -0.4 is 10.1 Å². The van der Waals surface area contributed by atoms with Crippen LogP contribution in [0.4, 0.5) is 5.82 Å². The summed E-state index contributed by atoms with van der Waals surface area (Å²) in [6.45, 7) is 5.91. The van der Waals surface area contributed by atoms with Crippen molar-refractivity contribution in [3.05, 3.63) is 35.8 Å². The fraction of sp³-hybridized carbons (Fsp3) is 0.538. The third-order valence-corrected chi connectivity index (χ3v) is 7.50. The van der Waals surface area contributed by atoms with Crippen LogP contribution in [0, 0.1) is 0 Å². The van der Waals surface area contributed by atoms with E-state index in [-0.39, 0.29) is 0 Å². The molecule has 6 rings (SSSR count). The van der Waals surface area contributed by atoms with Crippen LogP contribution in [0.15, 0.2) is 24.5 Å². The molecule has 0 aliphatic carbocycles. The van der Waals surface area contributed by atoms with Gasteiger partial charge in [0.15, 0.2) is 0 Å². The Kier molecular flexibility index (Phi) is 5.67. The maximum atomic E-state index is 6.49. The smallest absolute Gasteiger partial charge is 0.136 e. The number of rotatable bonds is 6. The molecular weight excluding hydrogens is 430 g/mol. The molecule has 34 heavy (non-hydrogen) atoms. The van der Waals surface area contributed by atoms with Gasteiger partial charge in [0, 0.05) is 68.9 Å². The highest BCUT2D eigenvalue weighted by molar-refractivity contribution is 5.96. The summed E-state index contributed by atoms with van der Waals surface area (Å²) in [7, 11) is 3.94. The lowest BCUT2D eigenvalue weighted by Gasteiger charge is -2.34. The van der Waals surface area contributed by atoms with Crippen LogP contribution in [0.1, 0.15) is 30.5 Å². The van der Waals surface area contributed by atoms with Crippen LogP contribution in [0.2, 0.25) is 0 Å². The lowest BCUT2D eigenvalue weighted by atomic mass is 9.89. The van der Waals surface area contributed by atoms with E-state index < -0.39 is 5.60 Å². The molecule has 1 spiro atoms. The second-order valence-electron chi connectivity index (χ2n) is 9.62. The van der Waals surface area contributed by atoms with Gasteiger partial charge in [0.2, 0.25) is 0 Å². The van der Waals surface area contributed by atoms with E-state index in [1.165, 1.54) is 31.5 Å². The zero-order valence-electron chi connectivity index (χ0n) is 20.1. The van der Waals surface area contributed by atoms with Crippen molar-refractivity contribution in [3.8, 4) is 17.0 Å². The quantitative estimate of drug-likeness (QED) is 0.601. The van der Waals surface area contributed by atoms with Gasteiger partial charge in [-0.25, -0.2) is 9.97 Å². The molecule has 3 aromatic rings. The Bertz CT molecular complexity index is 1190. The topological polar surface area (TPSA) is 73.7 Å². The highest BCUT2D eigenvalue weighted by Crippen LogP contribution is 2.44. The number of aryl methyl sites for hydroxylation is 1. The number of nitrogens with one attached hydrogen (secondary N) is 1. The molecular formula is C26H33N5O3. The lowest BCUT2D eigenvalue weighted by Crippen LogP contribution is -2.37. The molecule has 180 valence electrons. The lowest BCUT2D eigenvalue weighted by molar-refractivity contribution is -0.0669. The monoisotopic (exact) mass is 463 g/mol. The first kappa shape index (κ1) is 21.8. The summed E-state index contributed by atoms with van der Waals surface area (Å²) in [6.07, 6.45) is 8.26. The molecule has 0 radical (unpaired) electrons. The van der Waals surface area contributed by atoms with E-state index in [4.69, 9.17) is 19.2 Å². The SMILES string of the molecule is CNc1cc2c(-c3cc(OCCN4CCCC4)c4c(n3)C3(CCOC3)OCC4)cn(C)c2cn1. The minimum atomic E-state index is -0.473. The van der Waals surface area contributed by atoms with Gasteiger partial charge < -0.3 is 24.1 Å². The molecule has 2 fully saturated rings. The van der Waals surface area contributed by atoms with Gasteiger partial charge >= 0.3 is 0 Å². The molecule has 0 amide bonds. The Morgan fingerprint density at radius 1 is 1.21 bits per heavy atom. The molecule has 6 heterocycles. The zero-order chi connectivity index (χ0) is 23.1. The number of ether oxygens (including phenoxy) is 3. The van der Waals surface area contributed by atoms with Crippen molar-refractivity contribution in [1.82, 2.24) is 19.4 Å². The van der Waals surface area contributed by atoms with Crippen molar-refractivity contribution >= 4 is 16.7 Å². The van der Waals surface area contributed by atoms with Crippen molar-refractivity contribution in [2.24, 2.45) is 7.05 Å². The molecule has 1 atom stereocenters. The average Bonchev–Trinajstić information content (AvgIpc) is 3.61. The molecule has 3 aliphatic rings. The molecule has 0 bridgehead atoms. The van der Waals surface area contributed by atoms with Crippen LogP contribution in [0.25, 0.3) is 22.2 Å². The van der Waals surface area contributed by atoms with E-state index in [1.54, 1.807) is 0 Å². The Morgan fingerprint density at radius 2 is 2.09 bits per heavy atom. The summed E-state index contributed by atoms with van der Waals surface area (Å²) in [5, 5.41) is 4.27. The second-order valence-corrected chi connectivity index (χ2v) is 9.62. The van der Waals surface area contributed by atoms with Gasteiger partial charge in [-0.1, -0.05) is 0 Å². The standard InChI is InChI=1S/C26H33N5O3/c1-27-24-13-19-20(16-30(2)22(19)15-28-24)21-14-23(33-12-9-31-7-3-4-8-31)18-5-10-34-26(25(18)29-21)6-11-32-17-26/h13-16H,3-12,17H2,1-2H3,(H,27,28). The number of aromatic nitrogens is 3. The number of hydrogen-bond acceptors (Lipinski definition) is 7. The van der Waals surface area contributed by atoms with Gasteiger partial charge in [-0.15, -0.1) is 0 Å². The first-order valence-electron chi connectivity index (χ1n) is 12.4. The molecule has 1 N–H and O–H groups in total. The molecule has 8 nitrogen and oxygen atoms in total. The fourth-order valence-corrected chi connectivity index (χ4v) is 5.61. The Balaban J connectivity index is 1.44. The van der Waals surface area contributed by atoms with Crippen molar-refractivity contribution in [3.63, 3.8) is 0 Å². The molecule has 0 saturated carbocycles. The highest BCUT2D eigenvalue weighted by atomic mass is 16.6. The summed E-state index contributed by atoms with van der Waals surface area (Å²) >= 11 is 0. The first-order valence-corrected chi connectivity index (χ1v) is 12.4. The Hall–Kier alpha value is -2.68. The highest BCUT2D eigenvalue weighted by Gasteiger charge is 2.44. The van der Waals surface area contributed by atoms with Crippen molar-refractivity contribution < 1.29 is 14.2 Å². The van der Waals surface area contributed by atoms with Crippen molar-refractivity contribution in [2.45, 2.75) is 31.3 Å². The van der Waals surface area contributed by atoms with Gasteiger partial charge in [0.25, 0.3) is 0 Å². The Morgan fingerprint density at radius 3 is 2.88 bits per heavy atom. The van der Waals surface area contributed by atoms with Gasteiger partial charge in [0.05, 0.1) is 36.3 Å². The maximum absolute atomic E-state index is 6.49. The second kappa shape index (κ2) is 8.83. The summed E-state index contributed by atoms with van der Waals surface area (Å²) in [4.78, 5) is 12.2. The van der Waals surface area contributed by atoms with Crippen molar-refractivity contribution in [1.29, 1.82) is 0 Å². The zero-order valence-corrected chi connectivity index (χ0v) is 20.1. The van der Waals surface area contributed by atoms with Crippen LogP contribution in [0.3, 0.4) is 0 Å². The van der Waals surface area contributed by atoms with Gasteiger partial charge in [-0.2, -0.15) is 0 Å². The van der Waals surface area contributed by atoms with Crippen LogP contribution >= 0.6 is 0 Å². The number of nitrogens with zero attached hydrogens (tertiary/aromatic N) is 4. The molecule has 0 aromatic carbocycles. The predicted molar refractivity (Wildman–Crippen MR) is 131 cm³/mol. The normalized spacial score (nSPS) is 22.5. The third-order valence-electron chi connectivity index (χ3n) is 7.50. The fourth-order valence-electron chi connectivity index (χ4n) is 5.61. The maximum Gasteiger partial charge on any atom is 0.136 e. The summed E-state index contributed by atoms with van der Waals surface area (Å²) in [5.74, 6) is 1.78. The number of likely N-dealkylation sites (tertiary alicyclic amines) is 1. The summed E-state index contributed by atoms with van der Waals surface area (Å²) in [5.41, 5.74) is 4.75. The molecule has 3 aromatic heterocycles. The number of fused-ring (bicyclic) bond motifs is 3. The van der Waals surface area contributed by atoms with E-state index in [0.717, 1.165) is 58.8 Å². The minimum absolute atomic E-state index is 0.473. The molecule has 3 aliphatic heterocycles. The van der Waals surface area contributed by atoms with E-state index in [1.807, 2.05) is 20.3 Å². The number of pyridine rings is 2. The van der Waals surface area contributed by atoms with E-state index in [0.29, 0.717) is 26.4 Å². The Labute approximate surface area is 200 Å². The van der Waals surface area contributed by atoms with Crippen LogP contribution in [-0.2, 0) is 28.5 Å². The summed E-state index contributed by atoms with van der Waals surface area (Å²) in [6, 6.07) is 4.22. The minimum Gasteiger partial charge on any atom is -0.492 e. The van der Waals surface area contributed by atoms with Crippen LogP contribution in [0.5, 0.6) is 5.75 Å². The predicted octanol–water partition coefficient (Wildman–Crippen LogP) is 3.34. The first-order chi connectivity index (χ1) is 16.7. The van der Waals surface area contributed by atoms with Gasteiger partial charge in [-0.05, 0) is 32.0 Å². The number of hydrogen-bond donors (Lipinski definition) is 1. The molecule has 2 saturated heterocycles. The van der Waals surface area contributed by atoms with E-state index in [9.17, 15) is 0 Å². The van der Waals surface area contributed by atoms with Gasteiger partial charge in [-0.3, -0.25) is 4.90 Å². The van der Waals surface area contributed by atoms with E-state index >= 15 is 0 Å². The largest absolute Gasteiger partial charge is 0.492 e.